The van der Waals surface area contributed by atoms with Crippen LogP contribution in [0, 0.1) is 11.7 Å². The van der Waals surface area contributed by atoms with Crippen molar-refractivity contribution >= 4 is 29.1 Å². The van der Waals surface area contributed by atoms with Crippen LogP contribution < -0.4 is 10.2 Å². The lowest BCUT2D eigenvalue weighted by molar-refractivity contribution is -0.126. The molecular formula is C18H16ClFN2O2. The number of nitrogens with zero attached hydrogens (tertiary/aromatic N) is 1. The Hall–Kier alpha value is -2.40. The van der Waals surface area contributed by atoms with Crippen LogP contribution in [-0.2, 0) is 16.1 Å². The average molecular weight is 347 g/mol. The second-order valence-corrected chi connectivity index (χ2v) is 6.10. The predicted octanol–water partition coefficient (Wildman–Crippen LogP) is 3.15. The fraction of sp³-hybridized carbons (Fsp3) is 0.222. The third-order valence-corrected chi connectivity index (χ3v) is 4.41. The van der Waals surface area contributed by atoms with Crippen LogP contribution in [0.3, 0.4) is 0 Å². The van der Waals surface area contributed by atoms with Crippen LogP contribution in [0.25, 0.3) is 0 Å². The molecule has 6 heteroatoms. The molecule has 1 fully saturated rings. The quantitative estimate of drug-likeness (QED) is 0.924. The number of hydrogen-bond donors (Lipinski definition) is 1. The first kappa shape index (κ1) is 16.5. The van der Waals surface area contributed by atoms with Gasteiger partial charge in [0.25, 0.3) is 0 Å². The maximum Gasteiger partial charge on any atom is 0.227 e. The zero-order valence-corrected chi connectivity index (χ0v) is 13.6. The molecule has 1 N–H and O–H groups in total. The SMILES string of the molecule is O=C(NCc1ccccc1Cl)[C@@H]1CC(=O)N(c2ccc(F)cc2)C1. The molecule has 1 saturated heterocycles. The lowest BCUT2D eigenvalue weighted by Gasteiger charge is -2.16. The molecule has 1 aliphatic heterocycles. The highest BCUT2D eigenvalue weighted by Gasteiger charge is 2.35. The van der Waals surface area contributed by atoms with Crippen molar-refractivity contribution in [3.63, 3.8) is 0 Å². The highest BCUT2D eigenvalue weighted by Crippen LogP contribution is 2.25. The topological polar surface area (TPSA) is 49.4 Å². The van der Waals surface area contributed by atoms with Crippen molar-refractivity contribution in [2.24, 2.45) is 5.92 Å². The van der Waals surface area contributed by atoms with Gasteiger partial charge in [-0.1, -0.05) is 29.8 Å². The van der Waals surface area contributed by atoms with Gasteiger partial charge in [0.2, 0.25) is 11.8 Å². The molecule has 0 unspecified atom stereocenters. The Bertz CT molecular complexity index is 764. The molecule has 1 heterocycles. The van der Waals surface area contributed by atoms with E-state index in [0.29, 0.717) is 23.8 Å². The van der Waals surface area contributed by atoms with Crippen molar-refractivity contribution in [3.8, 4) is 0 Å². The summed E-state index contributed by atoms with van der Waals surface area (Å²) < 4.78 is 13.0. The Morgan fingerprint density at radius 3 is 2.62 bits per heavy atom. The number of carbonyl (C=O) groups is 2. The third-order valence-electron chi connectivity index (χ3n) is 4.05. The highest BCUT2D eigenvalue weighted by molar-refractivity contribution is 6.31. The minimum atomic E-state index is -0.426. The molecule has 24 heavy (non-hydrogen) atoms. The minimum Gasteiger partial charge on any atom is -0.352 e. The molecule has 3 rings (SSSR count). The van der Waals surface area contributed by atoms with E-state index < -0.39 is 5.92 Å². The molecule has 124 valence electrons. The summed E-state index contributed by atoms with van der Waals surface area (Å²) in [4.78, 5) is 26.0. The van der Waals surface area contributed by atoms with E-state index in [-0.39, 0.29) is 24.1 Å². The number of hydrogen-bond acceptors (Lipinski definition) is 2. The zero-order valence-electron chi connectivity index (χ0n) is 12.8. The third kappa shape index (κ3) is 3.57. The Labute approximate surface area is 144 Å². The van der Waals surface area contributed by atoms with Crippen molar-refractivity contribution in [2.45, 2.75) is 13.0 Å². The van der Waals surface area contributed by atoms with E-state index in [2.05, 4.69) is 5.32 Å². The van der Waals surface area contributed by atoms with Gasteiger partial charge in [-0.15, -0.1) is 0 Å². The van der Waals surface area contributed by atoms with E-state index in [1.54, 1.807) is 6.07 Å². The van der Waals surface area contributed by atoms with Gasteiger partial charge in [0.15, 0.2) is 0 Å². The number of carbonyl (C=O) groups excluding carboxylic acids is 2. The number of rotatable bonds is 4. The van der Waals surface area contributed by atoms with Gasteiger partial charge < -0.3 is 10.2 Å². The van der Waals surface area contributed by atoms with Gasteiger partial charge in [0, 0.05) is 30.2 Å². The zero-order chi connectivity index (χ0) is 17.1. The van der Waals surface area contributed by atoms with Crippen LogP contribution in [0.5, 0.6) is 0 Å². The fourth-order valence-electron chi connectivity index (χ4n) is 2.72. The van der Waals surface area contributed by atoms with E-state index in [1.165, 1.54) is 29.2 Å². The Kier molecular flexibility index (Phi) is 4.81. The maximum atomic E-state index is 13.0. The standard InChI is InChI=1S/C18H16ClFN2O2/c19-16-4-2-1-3-12(16)10-21-18(24)13-9-17(23)22(11-13)15-7-5-14(20)6-8-15/h1-8,13H,9-11H2,(H,21,24)/t13-/m1/s1. The second-order valence-electron chi connectivity index (χ2n) is 5.69. The minimum absolute atomic E-state index is 0.139. The summed E-state index contributed by atoms with van der Waals surface area (Å²) in [6, 6.07) is 13.0. The van der Waals surface area contributed by atoms with Crippen LogP contribution in [0.2, 0.25) is 5.02 Å². The van der Waals surface area contributed by atoms with Gasteiger partial charge in [-0.3, -0.25) is 9.59 Å². The van der Waals surface area contributed by atoms with Crippen LogP contribution in [0.4, 0.5) is 10.1 Å². The lowest BCUT2D eigenvalue weighted by Crippen LogP contribution is -2.32. The van der Waals surface area contributed by atoms with Crippen LogP contribution >= 0.6 is 11.6 Å². The predicted molar refractivity (Wildman–Crippen MR) is 90.2 cm³/mol. The molecule has 0 bridgehead atoms. The number of nitrogens with one attached hydrogen (secondary N) is 1. The summed E-state index contributed by atoms with van der Waals surface area (Å²) in [6.45, 7) is 0.610. The summed E-state index contributed by atoms with van der Waals surface area (Å²) in [5, 5.41) is 3.41. The highest BCUT2D eigenvalue weighted by atomic mass is 35.5. The molecule has 0 radical (unpaired) electrons. The fourth-order valence-corrected chi connectivity index (χ4v) is 2.92. The average Bonchev–Trinajstić information content (AvgIpc) is 2.96. The second kappa shape index (κ2) is 7.01. The van der Waals surface area contributed by atoms with Gasteiger partial charge in [-0.25, -0.2) is 4.39 Å². The molecule has 2 aromatic carbocycles. The number of halogens is 2. The smallest absolute Gasteiger partial charge is 0.227 e. The van der Waals surface area contributed by atoms with Gasteiger partial charge in [-0.2, -0.15) is 0 Å². The van der Waals surface area contributed by atoms with Crippen molar-refractivity contribution in [2.75, 3.05) is 11.4 Å². The van der Waals surface area contributed by atoms with Crippen LogP contribution in [0.15, 0.2) is 48.5 Å². The summed E-state index contributed by atoms with van der Waals surface area (Å²) >= 11 is 6.06. The van der Waals surface area contributed by atoms with Crippen LogP contribution in [-0.4, -0.2) is 18.4 Å². The van der Waals surface area contributed by atoms with E-state index in [0.717, 1.165) is 5.56 Å². The van der Waals surface area contributed by atoms with Crippen molar-refractivity contribution in [1.82, 2.24) is 5.32 Å². The van der Waals surface area contributed by atoms with Gasteiger partial charge in [0.05, 0.1) is 5.92 Å². The summed E-state index contributed by atoms with van der Waals surface area (Å²) in [7, 11) is 0. The molecule has 2 aromatic rings. The van der Waals surface area contributed by atoms with E-state index in [1.807, 2.05) is 18.2 Å². The van der Waals surface area contributed by atoms with Gasteiger partial charge >= 0.3 is 0 Å². The first-order valence-electron chi connectivity index (χ1n) is 7.61. The van der Waals surface area contributed by atoms with Gasteiger partial charge in [-0.05, 0) is 35.9 Å². The number of anilines is 1. The van der Waals surface area contributed by atoms with Crippen molar-refractivity contribution < 1.29 is 14.0 Å². The molecular weight excluding hydrogens is 331 g/mol. The molecule has 2 amide bonds. The molecule has 0 aliphatic carbocycles. The lowest BCUT2D eigenvalue weighted by atomic mass is 10.1. The largest absolute Gasteiger partial charge is 0.352 e. The van der Waals surface area contributed by atoms with E-state index in [9.17, 15) is 14.0 Å². The molecule has 0 spiro atoms. The molecule has 1 aliphatic rings. The molecule has 0 aromatic heterocycles. The molecule has 1 atom stereocenters. The van der Waals surface area contributed by atoms with Crippen molar-refractivity contribution in [1.29, 1.82) is 0 Å². The number of amides is 2. The van der Waals surface area contributed by atoms with Crippen molar-refractivity contribution in [3.05, 3.63) is 64.9 Å². The molecule has 4 nitrogen and oxygen atoms in total. The monoisotopic (exact) mass is 346 g/mol. The summed E-state index contributed by atoms with van der Waals surface area (Å²) in [5.41, 5.74) is 1.43. The Morgan fingerprint density at radius 2 is 1.92 bits per heavy atom. The Balaban J connectivity index is 1.62. The summed E-state index contributed by atoms with van der Waals surface area (Å²) in [6.07, 6.45) is 0.145. The Morgan fingerprint density at radius 1 is 1.21 bits per heavy atom. The first-order valence-corrected chi connectivity index (χ1v) is 7.99. The normalized spacial score (nSPS) is 17.2. The molecule has 0 saturated carbocycles. The van der Waals surface area contributed by atoms with E-state index >= 15 is 0 Å². The van der Waals surface area contributed by atoms with Crippen LogP contribution in [0.1, 0.15) is 12.0 Å². The maximum absolute atomic E-state index is 13.0. The first-order chi connectivity index (χ1) is 11.5. The van der Waals surface area contributed by atoms with E-state index in [4.69, 9.17) is 11.6 Å². The number of benzene rings is 2. The summed E-state index contributed by atoms with van der Waals surface area (Å²) in [5.74, 6) is -1.11. The van der Waals surface area contributed by atoms with Gasteiger partial charge in [0.1, 0.15) is 5.82 Å².